The number of aliphatic hydroxyl groups is 1. The number of nitrogens with one attached hydrogen (secondary N) is 1. The molecule has 2 N–H and O–H groups in total. The molecule has 3 aromatic rings. The molecule has 3 rings (SSSR count). The molecule has 2 heterocycles. The summed E-state index contributed by atoms with van der Waals surface area (Å²) in [6.45, 7) is 3.63. The van der Waals surface area contributed by atoms with Crippen LogP contribution in [0.4, 0.5) is 0 Å². The summed E-state index contributed by atoms with van der Waals surface area (Å²) >= 11 is 0. The van der Waals surface area contributed by atoms with Crippen molar-refractivity contribution in [2.75, 3.05) is 20.1 Å². The number of fused-ring (bicyclic) bond motifs is 1. The second-order valence-corrected chi connectivity index (χ2v) is 6.10. The molecule has 0 saturated carbocycles. The van der Waals surface area contributed by atoms with Gasteiger partial charge in [-0.3, -0.25) is 9.98 Å². The van der Waals surface area contributed by atoms with Gasteiger partial charge in [-0.05, 0) is 36.8 Å². The van der Waals surface area contributed by atoms with Crippen LogP contribution in [-0.4, -0.2) is 41.1 Å². The van der Waals surface area contributed by atoms with Gasteiger partial charge in [0.2, 0.25) is 0 Å². The molecule has 1 aromatic carbocycles. The number of hydrogen-bond acceptors (Lipinski definition) is 4. The summed E-state index contributed by atoms with van der Waals surface area (Å²) in [5.41, 5.74) is 1.69. The van der Waals surface area contributed by atoms with Crippen molar-refractivity contribution in [3.63, 3.8) is 0 Å². The van der Waals surface area contributed by atoms with Crippen molar-refractivity contribution >= 4 is 40.9 Å². The summed E-state index contributed by atoms with van der Waals surface area (Å²) in [6, 6.07) is 13.6. The minimum absolute atomic E-state index is 0. The maximum Gasteiger partial charge on any atom is 0.194 e. The molecule has 0 bridgehead atoms. The van der Waals surface area contributed by atoms with Gasteiger partial charge in [-0.15, -0.1) is 24.0 Å². The molecular formula is C20H25IN4O2. The molecule has 0 aliphatic rings. The smallest absolute Gasteiger partial charge is 0.194 e. The third-order valence-electron chi connectivity index (χ3n) is 4.07. The van der Waals surface area contributed by atoms with E-state index in [9.17, 15) is 5.11 Å². The van der Waals surface area contributed by atoms with E-state index in [1.54, 1.807) is 24.5 Å². The van der Waals surface area contributed by atoms with Gasteiger partial charge in [0.05, 0.1) is 19.2 Å². The van der Waals surface area contributed by atoms with Crippen LogP contribution in [0, 0.1) is 0 Å². The average molecular weight is 480 g/mol. The van der Waals surface area contributed by atoms with E-state index in [1.807, 2.05) is 49.2 Å². The molecule has 27 heavy (non-hydrogen) atoms. The van der Waals surface area contributed by atoms with Crippen molar-refractivity contribution in [3.05, 3.63) is 66.2 Å². The Morgan fingerprint density at radius 2 is 2.00 bits per heavy atom. The van der Waals surface area contributed by atoms with Crippen molar-refractivity contribution in [1.82, 2.24) is 15.2 Å². The summed E-state index contributed by atoms with van der Waals surface area (Å²) in [6.07, 6.45) is 2.67. The number of aliphatic imine (C=N–C) groups is 1. The number of hydrogen-bond donors (Lipinski definition) is 2. The van der Waals surface area contributed by atoms with Gasteiger partial charge in [0.1, 0.15) is 11.3 Å². The molecular weight excluding hydrogens is 455 g/mol. The SMILES string of the molecule is CCNC(=NCC(O)c1ccncc1)N(C)Cc1cc2ccccc2o1.I. The fourth-order valence-electron chi connectivity index (χ4n) is 2.76. The highest BCUT2D eigenvalue weighted by Crippen LogP contribution is 2.19. The first-order valence-electron chi connectivity index (χ1n) is 8.72. The van der Waals surface area contributed by atoms with E-state index < -0.39 is 6.10 Å². The van der Waals surface area contributed by atoms with Gasteiger partial charge in [-0.2, -0.15) is 0 Å². The third-order valence-corrected chi connectivity index (χ3v) is 4.07. The lowest BCUT2D eigenvalue weighted by molar-refractivity contribution is 0.186. The number of halogens is 1. The lowest BCUT2D eigenvalue weighted by atomic mass is 10.1. The van der Waals surface area contributed by atoms with E-state index in [4.69, 9.17) is 4.42 Å². The number of pyridine rings is 1. The Bertz CT molecular complexity index is 834. The van der Waals surface area contributed by atoms with Gasteiger partial charge in [0.25, 0.3) is 0 Å². The Hall–Kier alpha value is -2.13. The summed E-state index contributed by atoms with van der Waals surface area (Å²) in [4.78, 5) is 10.5. The Morgan fingerprint density at radius 1 is 1.26 bits per heavy atom. The molecule has 0 radical (unpaired) electrons. The molecule has 144 valence electrons. The lowest BCUT2D eigenvalue weighted by Crippen LogP contribution is -2.38. The molecule has 7 heteroatoms. The molecule has 6 nitrogen and oxygen atoms in total. The zero-order valence-electron chi connectivity index (χ0n) is 15.5. The molecule has 1 unspecified atom stereocenters. The fraction of sp³-hybridized carbons (Fsp3) is 0.300. The third kappa shape index (κ3) is 5.67. The Balaban J connectivity index is 0.00000261. The maximum absolute atomic E-state index is 10.3. The van der Waals surface area contributed by atoms with E-state index in [2.05, 4.69) is 15.3 Å². The number of aromatic nitrogens is 1. The summed E-state index contributed by atoms with van der Waals surface area (Å²) in [7, 11) is 1.95. The zero-order chi connectivity index (χ0) is 18.4. The van der Waals surface area contributed by atoms with Crippen molar-refractivity contribution < 1.29 is 9.52 Å². The summed E-state index contributed by atoms with van der Waals surface area (Å²) in [5.74, 6) is 1.59. The molecule has 0 fully saturated rings. The Kier molecular flexibility index (Phi) is 8.05. The first-order chi connectivity index (χ1) is 12.7. The lowest BCUT2D eigenvalue weighted by Gasteiger charge is -2.21. The number of guanidine groups is 1. The Morgan fingerprint density at radius 3 is 2.70 bits per heavy atom. The normalized spacial score (nSPS) is 12.5. The van der Waals surface area contributed by atoms with E-state index in [1.165, 1.54) is 0 Å². The summed E-state index contributed by atoms with van der Waals surface area (Å²) < 4.78 is 5.88. The van der Waals surface area contributed by atoms with Gasteiger partial charge >= 0.3 is 0 Å². The van der Waals surface area contributed by atoms with E-state index in [-0.39, 0.29) is 30.5 Å². The van der Waals surface area contributed by atoms with Crippen molar-refractivity contribution in [2.24, 2.45) is 4.99 Å². The van der Waals surface area contributed by atoms with Crippen LogP contribution in [-0.2, 0) is 6.54 Å². The zero-order valence-corrected chi connectivity index (χ0v) is 17.8. The van der Waals surface area contributed by atoms with Crippen molar-refractivity contribution in [3.8, 4) is 0 Å². The molecule has 0 amide bonds. The number of nitrogens with zero attached hydrogens (tertiary/aromatic N) is 3. The van der Waals surface area contributed by atoms with Gasteiger partial charge in [0, 0.05) is 31.4 Å². The van der Waals surface area contributed by atoms with E-state index in [0.717, 1.165) is 34.8 Å². The topological polar surface area (TPSA) is 73.9 Å². The highest BCUT2D eigenvalue weighted by atomic mass is 127. The minimum atomic E-state index is -0.661. The van der Waals surface area contributed by atoms with Crippen LogP contribution in [0.1, 0.15) is 24.4 Å². The van der Waals surface area contributed by atoms with Crippen molar-refractivity contribution in [1.29, 1.82) is 0 Å². The first-order valence-corrected chi connectivity index (χ1v) is 8.72. The van der Waals surface area contributed by atoms with Crippen LogP contribution in [0.15, 0.2) is 64.3 Å². The van der Waals surface area contributed by atoms with Gasteiger partial charge < -0.3 is 19.7 Å². The number of benzene rings is 1. The number of rotatable bonds is 6. The standard InChI is InChI=1S/C20H24N4O2.HI/c1-3-22-20(23-13-18(25)15-8-10-21-11-9-15)24(2)14-17-12-16-6-4-5-7-19(16)26-17;/h4-12,18,25H,3,13-14H2,1-2H3,(H,22,23);1H. The second kappa shape index (κ2) is 10.3. The molecule has 1 atom stereocenters. The van der Waals surface area contributed by atoms with Gasteiger partial charge in [-0.1, -0.05) is 18.2 Å². The molecule has 0 aliphatic heterocycles. The second-order valence-electron chi connectivity index (χ2n) is 6.10. The first kappa shape index (κ1) is 21.2. The largest absolute Gasteiger partial charge is 0.459 e. The van der Waals surface area contributed by atoms with E-state index in [0.29, 0.717) is 6.54 Å². The van der Waals surface area contributed by atoms with Crippen LogP contribution in [0.25, 0.3) is 11.0 Å². The van der Waals surface area contributed by atoms with E-state index >= 15 is 0 Å². The number of furan rings is 1. The van der Waals surface area contributed by atoms with Crippen LogP contribution >= 0.6 is 24.0 Å². The maximum atomic E-state index is 10.3. The number of aliphatic hydroxyl groups excluding tert-OH is 1. The predicted molar refractivity (Wildman–Crippen MR) is 118 cm³/mol. The van der Waals surface area contributed by atoms with Crippen LogP contribution in [0.2, 0.25) is 0 Å². The molecule has 0 aliphatic carbocycles. The Labute approximate surface area is 176 Å². The van der Waals surface area contributed by atoms with Crippen molar-refractivity contribution in [2.45, 2.75) is 19.6 Å². The van der Waals surface area contributed by atoms with Crippen LogP contribution in [0.3, 0.4) is 0 Å². The van der Waals surface area contributed by atoms with Crippen LogP contribution in [0.5, 0.6) is 0 Å². The minimum Gasteiger partial charge on any atom is -0.459 e. The fourth-order valence-corrected chi connectivity index (χ4v) is 2.76. The predicted octanol–water partition coefficient (Wildman–Crippen LogP) is 3.58. The highest BCUT2D eigenvalue weighted by molar-refractivity contribution is 14.0. The quantitative estimate of drug-likeness (QED) is 0.321. The van der Waals surface area contributed by atoms with Gasteiger partial charge in [0.15, 0.2) is 5.96 Å². The van der Waals surface area contributed by atoms with Gasteiger partial charge in [-0.25, -0.2) is 0 Å². The monoisotopic (exact) mass is 480 g/mol. The average Bonchev–Trinajstić information content (AvgIpc) is 3.07. The molecule has 0 spiro atoms. The van der Waals surface area contributed by atoms with Crippen LogP contribution < -0.4 is 5.32 Å². The summed E-state index contributed by atoms with van der Waals surface area (Å²) in [5, 5.41) is 14.6. The highest BCUT2D eigenvalue weighted by Gasteiger charge is 2.12. The molecule has 0 saturated heterocycles. The molecule has 2 aromatic heterocycles. The number of para-hydroxylation sites is 1.